The van der Waals surface area contributed by atoms with Crippen molar-refractivity contribution in [3.63, 3.8) is 0 Å². The van der Waals surface area contributed by atoms with E-state index in [1.54, 1.807) is 14.1 Å². The molecule has 4 atom stereocenters. The topological polar surface area (TPSA) is 180 Å². The number of allylic oxidation sites excluding steroid dienone is 1. The van der Waals surface area contributed by atoms with Gasteiger partial charge in [0, 0.05) is 36.8 Å². The molecule has 7 N–H and O–H groups in total. The second-order valence-corrected chi connectivity index (χ2v) is 12.4. The van der Waals surface area contributed by atoms with E-state index >= 15 is 0 Å². The van der Waals surface area contributed by atoms with Gasteiger partial charge in [-0.1, -0.05) is 37.6 Å². The van der Waals surface area contributed by atoms with E-state index < -0.39 is 58.0 Å². The minimum Gasteiger partial charge on any atom is -0.508 e. The first-order valence-electron chi connectivity index (χ1n) is 14.8. The van der Waals surface area contributed by atoms with Crippen molar-refractivity contribution in [2.45, 2.75) is 50.7 Å². The number of phenols is 1. The summed E-state index contributed by atoms with van der Waals surface area (Å²) in [6.07, 6.45) is 3.41. The fraction of sp³-hybridized carbons (Fsp3) is 0.424. The molecule has 0 saturated carbocycles. The van der Waals surface area contributed by atoms with Crippen molar-refractivity contribution in [2.75, 3.05) is 33.1 Å². The van der Waals surface area contributed by atoms with Gasteiger partial charge in [0.25, 0.3) is 5.91 Å². The third-order valence-corrected chi connectivity index (χ3v) is 9.36. The monoisotopic (exact) mass is 604 g/mol. The summed E-state index contributed by atoms with van der Waals surface area (Å²) in [5, 5.41) is 35.0. The smallest absolute Gasteiger partial charge is 0.255 e. The van der Waals surface area contributed by atoms with Crippen LogP contribution in [0.1, 0.15) is 47.7 Å². The molecule has 0 unspecified atom stereocenters. The van der Waals surface area contributed by atoms with Gasteiger partial charge in [-0.2, -0.15) is 5.90 Å². The summed E-state index contributed by atoms with van der Waals surface area (Å²) in [6.45, 7) is 2.13. The summed E-state index contributed by atoms with van der Waals surface area (Å²) in [6, 6.07) is 8.63. The maximum Gasteiger partial charge on any atom is 0.255 e. The van der Waals surface area contributed by atoms with Crippen molar-refractivity contribution in [1.82, 2.24) is 4.90 Å². The van der Waals surface area contributed by atoms with Gasteiger partial charge >= 0.3 is 0 Å². The summed E-state index contributed by atoms with van der Waals surface area (Å²) in [7, 11) is 6.91. The standard InChI is InChI=1S/C33H40N4O7/c1-6-7-8-16-9-11-17(12-10-16)19-15-22(36(2)3)20-13-18-14-21-26(37(4)5)29(40)25(32(34)42)30(41)33(21,43)31(44-35)23(18)28(39)24(20)27(19)38/h9-12,15,18,21,26,38,41,43H,6-8,13-14,35H2,1-5H3,(H2,34,42)/t18-,21-,26-,33+/m0/s1. The number of amides is 1. The molecule has 234 valence electrons. The Bertz CT molecular complexity index is 1610. The zero-order valence-electron chi connectivity index (χ0n) is 25.7. The number of aromatic hydroxyl groups is 1. The van der Waals surface area contributed by atoms with E-state index in [4.69, 9.17) is 16.5 Å². The van der Waals surface area contributed by atoms with Crippen molar-refractivity contribution in [1.29, 1.82) is 0 Å². The molecular weight excluding hydrogens is 564 g/mol. The van der Waals surface area contributed by atoms with Crippen molar-refractivity contribution in [3.05, 3.63) is 69.7 Å². The molecule has 11 heteroatoms. The average molecular weight is 605 g/mol. The number of nitrogens with zero attached hydrogens (tertiary/aromatic N) is 2. The number of nitrogens with two attached hydrogens (primary N) is 2. The third-order valence-electron chi connectivity index (χ3n) is 9.36. The molecule has 2 aromatic carbocycles. The maximum atomic E-state index is 14.4. The molecule has 0 bridgehead atoms. The molecule has 2 aromatic rings. The Kier molecular flexibility index (Phi) is 8.08. The lowest BCUT2D eigenvalue weighted by atomic mass is 9.59. The number of aliphatic hydroxyl groups excluding tert-OH is 1. The lowest BCUT2D eigenvalue weighted by molar-refractivity contribution is -0.137. The number of carbonyl (C=O) groups excluding carboxylic acids is 3. The zero-order valence-corrected chi connectivity index (χ0v) is 25.7. The predicted molar refractivity (Wildman–Crippen MR) is 165 cm³/mol. The van der Waals surface area contributed by atoms with Crippen LogP contribution < -0.4 is 16.5 Å². The lowest BCUT2D eigenvalue weighted by Crippen LogP contribution is -2.63. The first-order valence-corrected chi connectivity index (χ1v) is 14.8. The Hall–Kier alpha value is -4.19. The second-order valence-electron chi connectivity index (χ2n) is 12.4. The van der Waals surface area contributed by atoms with Gasteiger partial charge in [0.2, 0.25) is 0 Å². The van der Waals surface area contributed by atoms with E-state index in [-0.39, 0.29) is 29.7 Å². The summed E-state index contributed by atoms with van der Waals surface area (Å²) in [5.41, 5.74) is 5.90. The van der Waals surface area contributed by atoms with Gasteiger partial charge in [-0.3, -0.25) is 19.3 Å². The van der Waals surface area contributed by atoms with E-state index in [9.17, 15) is 29.7 Å². The van der Waals surface area contributed by atoms with Gasteiger partial charge in [-0.25, -0.2) is 0 Å². The van der Waals surface area contributed by atoms with E-state index in [2.05, 4.69) is 6.92 Å². The predicted octanol–water partition coefficient (Wildman–Crippen LogP) is 2.53. The highest BCUT2D eigenvalue weighted by atomic mass is 16.6. The molecule has 0 aliphatic heterocycles. The largest absolute Gasteiger partial charge is 0.508 e. The van der Waals surface area contributed by atoms with Crippen LogP contribution in [0.15, 0.2) is 53.0 Å². The lowest BCUT2D eigenvalue weighted by Gasteiger charge is -2.50. The molecule has 3 aliphatic carbocycles. The van der Waals surface area contributed by atoms with Crippen LogP contribution in [-0.4, -0.2) is 77.5 Å². The Morgan fingerprint density at radius 2 is 1.77 bits per heavy atom. The highest BCUT2D eigenvalue weighted by Gasteiger charge is 2.63. The maximum absolute atomic E-state index is 14.4. The van der Waals surface area contributed by atoms with Crippen LogP contribution in [0.4, 0.5) is 5.69 Å². The van der Waals surface area contributed by atoms with Crippen molar-refractivity contribution < 1.29 is 34.5 Å². The van der Waals surface area contributed by atoms with Gasteiger partial charge in [0.05, 0.1) is 11.6 Å². The zero-order chi connectivity index (χ0) is 32.2. The van der Waals surface area contributed by atoms with E-state index in [0.29, 0.717) is 11.1 Å². The number of aryl methyl sites for hydroxylation is 1. The first kappa shape index (κ1) is 31.2. The number of carbonyl (C=O) groups is 3. The number of hydrogen-bond acceptors (Lipinski definition) is 10. The minimum absolute atomic E-state index is 0.0342. The number of unbranched alkanes of at least 4 members (excludes halogenated alkanes) is 1. The molecule has 0 saturated heterocycles. The number of aliphatic hydroxyl groups is 2. The molecule has 1 amide bonds. The van der Waals surface area contributed by atoms with E-state index in [0.717, 1.165) is 30.5 Å². The summed E-state index contributed by atoms with van der Waals surface area (Å²) in [4.78, 5) is 48.8. The molecule has 0 spiro atoms. The SMILES string of the molecule is CCCCc1ccc(-c2cc(N(C)C)c3c(c2O)C(=O)C2=C(ON)[C@]4(O)C(O)=C(C(N)=O)C(=O)[C@@H](N(C)C)[C@@H]4C[C@@H]2C3)cc1. The number of Topliss-reactive ketones (excluding diaryl/α,β-unsaturated/α-hetero) is 2. The number of rotatable bonds is 8. The number of benzene rings is 2. The average Bonchev–Trinajstić information content (AvgIpc) is 2.96. The van der Waals surface area contributed by atoms with Crippen LogP contribution in [0.3, 0.4) is 0 Å². The highest BCUT2D eigenvalue weighted by molar-refractivity contribution is 6.22. The van der Waals surface area contributed by atoms with Crippen molar-refractivity contribution >= 4 is 23.2 Å². The Balaban J connectivity index is 1.74. The van der Waals surface area contributed by atoms with E-state index in [1.165, 1.54) is 10.5 Å². The third kappa shape index (κ3) is 4.58. The first-order chi connectivity index (χ1) is 20.8. The molecule has 0 radical (unpaired) electrons. The van der Waals surface area contributed by atoms with Gasteiger partial charge in [0.15, 0.2) is 22.9 Å². The molecular formula is C33H40N4O7. The Morgan fingerprint density at radius 3 is 2.32 bits per heavy atom. The second kappa shape index (κ2) is 11.4. The number of primary amides is 1. The minimum atomic E-state index is -2.49. The summed E-state index contributed by atoms with van der Waals surface area (Å²) >= 11 is 0. The number of ketones is 2. The molecule has 44 heavy (non-hydrogen) atoms. The van der Waals surface area contributed by atoms with Gasteiger partial charge in [-0.05, 0) is 68.5 Å². The molecule has 3 aliphatic rings. The summed E-state index contributed by atoms with van der Waals surface area (Å²) in [5.74, 6) is -0.190. The van der Waals surface area contributed by atoms with Gasteiger partial charge in [-0.15, -0.1) is 0 Å². The normalized spacial score (nSPS) is 24.7. The van der Waals surface area contributed by atoms with E-state index in [1.807, 2.05) is 49.3 Å². The van der Waals surface area contributed by atoms with Crippen LogP contribution in [0.5, 0.6) is 5.75 Å². The highest BCUT2D eigenvalue weighted by Crippen LogP contribution is 2.55. The van der Waals surface area contributed by atoms with Crippen LogP contribution >= 0.6 is 0 Å². The molecule has 0 fully saturated rings. The molecule has 11 nitrogen and oxygen atoms in total. The van der Waals surface area contributed by atoms with Gasteiger partial charge in [0.1, 0.15) is 17.1 Å². The van der Waals surface area contributed by atoms with Crippen LogP contribution in [0, 0.1) is 11.8 Å². The van der Waals surface area contributed by atoms with Crippen LogP contribution in [0.25, 0.3) is 11.1 Å². The van der Waals surface area contributed by atoms with Crippen molar-refractivity contribution in [3.8, 4) is 16.9 Å². The Labute approximate surface area is 256 Å². The molecule has 0 heterocycles. The fourth-order valence-corrected chi connectivity index (χ4v) is 7.27. The van der Waals surface area contributed by atoms with Crippen LogP contribution in [0.2, 0.25) is 0 Å². The number of phenolic OH excluding ortho intramolecular Hbond substituents is 1. The number of likely N-dealkylation sites (N-methyl/N-ethyl adjacent to an activating group) is 1. The summed E-state index contributed by atoms with van der Waals surface area (Å²) < 4.78 is 0. The number of anilines is 1. The number of fused-ring (bicyclic) bond motifs is 3. The van der Waals surface area contributed by atoms with Crippen molar-refractivity contribution in [2.24, 2.45) is 23.5 Å². The fourth-order valence-electron chi connectivity index (χ4n) is 7.27. The van der Waals surface area contributed by atoms with Crippen LogP contribution in [-0.2, 0) is 27.3 Å². The molecule has 5 rings (SSSR count). The number of hydrogen-bond donors (Lipinski definition) is 5. The molecule has 0 aromatic heterocycles. The van der Waals surface area contributed by atoms with Gasteiger partial charge < -0.3 is 30.8 Å². The quantitative estimate of drug-likeness (QED) is 0.222. The Morgan fingerprint density at radius 1 is 1.11 bits per heavy atom.